The number of fused-ring (bicyclic) bond motifs is 1. The quantitative estimate of drug-likeness (QED) is 0.466. The summed E-state index contributed by atoms with van der Waals surface area (Å²) < 4.78 is 11.7. The number of unbranched alkanes of at least 4 members (excludes halogenated alkanes) is 1. The Kier molecular flexibility index (Phi) is 5.70. The van der Waals surface area contributed by atoms with Crippen LogP contribution in [0.4, 0.5) is 0 Å². The number of ether oxygens (including phenoxy) is 2. The van der Waals surface area contributed by atoms with Gasteiger partial charge in [0, 0.05) is 31.5 Å². The van der Waals surface area contributed by atoms with Gasteiger partial charge in [-0.25, -0.2) is 0 Å². The zero-order valence-corrected chi connectivity index (χ0v) is 18.8. The van der Waals surface area contributed by atoms with Gasteiger partial charge in [-0.3, -0.25) is 29.4 Å². The fourth-order valence-electron chi connectivity index (χ4n) is 5.57. The summed E-state index contributed by atoms with van der Waals surface area (Å²) in [6.07, 6.45) is 4.70. The molecule has 1 spiro atoms. The van der Waals surface area contributed by atoms with Gasteiger partial charge in [0.05, 0.1) is 23.8 Å². The first kappa shape index (κ1) is 22.0. The summed E-state index contributed by atoms with van der Waals surface area (Å²) in [7, 11) is 2.16. The number of nitrogens with one attached hydrogen (secondary N) is 1. The number of carbonyl (C=O) groups is 4. The van der Waals surface area contributed by atoms with E-state index in [0.717, 1.165) is 24.3 Å². The largest absolute Gasteiger partial charge is 0.494 e. The van der Waals surface area contributed by atoms with Gasteiger partial charge in [-0.2, -0.15) is 0 Å². The Morgan fingerprint density at radius 3 is 2.48 bits per heavy atom. The van der Waals surface area contributed by atoms with Gasteiger partial charge in [-0.15, -0.1) is 0 Å². The van der Waals surface area contributed by atoms with E-state index in [1.807, 2.05) is 0 Å². The lowest BCUT2D eigenvalue weighted by molar-refractivity contribution is -0.144. The third-order valence-corrected chi connectivity index (χ3v) is 7.10. The molecule has 1 aromatic carbocycles. The van der Waals surface area contributed by atoms with E-state index in [0.29, 0.717) is 23.9 Å². The first-order chi connectivity index (χ1) is 15.8. The standard InChI is InChI=1S/C24H29N3O6/c1-26-13-24(14-26)11-16(12-24)33-9-3-2-8-32-15-4-5-17-18(10-15)23(31)27(22(17)30)19-6-7-20(28)25-21(19)29/h4-5,10,16,19H,2-3,6-9,11-14H2,1H3,(H,25,28,29). The molecular formula is C24H29N3O6. The molecule has 3 fully saturated rings. The van der Waals surface area contributed by atoms with Gasteiger partial charge in [0.1, 0.15) is 11.8 Å². The van der Waals surface area contributed by atoms with Crippen LogP contribution in [0.3, 0.4) is 0 Å². The molecule has 33 heavy (non-hydrogen) atoms. The molecule has 3 heterocycles. The molecule has 1 aliphatic carbocycles. The average molecular weight is 456 g/mol. The molecule has 9 heteroatoms. The summed E-state index contributed by atoms with van der Waals surface area (Å²) in [6.45, 7) is 3.60. The van der Waals surface area contributed by atoms with Crippen molar-refractivity contribution in [2.24, 2.45) is 5.41 Å². The molecule has 0 aromatic heterocycles. The van der Waals surface area contributed by atoms with E-state index in [2.05, 4.69) is 17.3 Å². The monoisotopic (exact) mass is 455 g/mol. The van der Waals surface area contributed by atoms with Gasteiger partial charge >= 0.3 is 0 Å². The molecule has 0 bridgehead atoms. The maximum atomic E-state index is 12.9. The molecular weight excluding hydrogens is 426 g/mol. The summed E-state index contributed by atoms with van der Waals surface area (Å²) in [5, 5.41) is 2.20. The van der Waals surface area contributed by atoms with Crippen molar-refractivity contribution < 1.29 is 28.7 Å². The van der Waals surface area contributed by atoms with Crippen molar-refractivity contribution in [2.75, 3.05) is 33.4 Å². The number of hydrogen-bond acceptors (Lipinski definition) is 7. The van der Waals surface area contributed by atoms with E-state index >= 15 is 0 Å². The lowest BCUT2D eigenvalue weighted by atomic mass is 9.62. The molecule has 4 aliphatic rings. The Morgan fingerprint density at radius 1 is 1.03 bits per heavy atom. The van der Waals surface area contributed by atoms with Gasteiger partial charge in [-0.05, 0) is 57.4 Å². The number of likely N-dealkylation sites (tertiary alicyclic amines) is 1. The van der Waals surface area contributed by atoms with Crippen LogP contribution in [0.1, 0.15) is 59.2 Å². The van der Waals surface area contributed by atoms with Crippen molar-refractivity contribution in [1.29, 1.82) is 0 Å². The van der Waals surface area contributed by atoms with Gasteiger partial charge < -0.3 is 14.4 Å². The van der Waals surface area contributed by atoms with Crippen LogP contribution in [0, 0.1) is 5.41 Å². The van der Waals surface area contributed by atoms with Gasteiger partial charge in [-0.1, -0.05) is 0 Å². The van der Waals surface area contributed by atoms with E-state index < -0.39 is 29.7 Å². The third kappa shape index (κ3) is 4.15. The summed E-state index contributed by atoms with van der Waals surface area (Å²) in [5.41, 5.74) is 1.01. The van der Waals surface area contributed by atoms with Crippen molar-refractivity contribution in [1.82, 2.24) is 15.1 Å². The van der Waals surface area contributed by atoms with E-state index in [4.69, 9.17) is 9.47 Å². The molecule has 4 amide bonds. The number of rotatable bonds is 8. The van der Waals surface area contributed by atoms with Crippen LogP contribution in [0.2, 0.25) is 0 Å². The highest BCUT2D eigenvalue weighted by Gasteiger charge is 2.51. The van der Waals surface area contributed by atoms with Crippen LogP contribution in [-0.4, -0.2) is 78.9 Å². The average Bonchev–Trinajstić information content (AvgIpc) is 2.97. The predicted molar refractivity (Wildman–Crippen MR) is 117 cm³/mol. The summed E-state index contributed by atoms with van der Waals surface area (Å²) >= 11 is 0. The van der Waals surface area contributed by atoms with E-state index in [1.165, 1.54) is 25.9 Å². The smallest absolute Gasteiger partial charge is 0.262 e. The molecule has 0 radical (unpaired) electrons. The minimum absolute atomic E-state index is 0.0981. The Balaban J connectivity index is 1.07. The molecule has 2 saturated heterocycles. The van der Waals surface area contributed by atoms with Crippen LogP contribution >= 0.6 is 0 Å². The maximum absolute atomic E-state index is 12.9. The molecule has 1 aromatic rings. The zero-order chi connectivity index (χ0) is 23.2. The Hall–Kier alpha value is -2.78. The lowest BCUT2D eigenvalue weighted by Crippen LogP contribution is -2.62. The molecule has 3 aliphatic heterocycles. The summed E-state index contributed by atoms with van der Waals surface area (Å²) in [5.74, 6) is -1.54. The van der Waals surface area contributed by atoms with Gasteiger partial charge in [0.2, 0.25) is 11.8 Å². The van der Waals surface area contributed by atoms with Crippen molar-refractivity contribution in [3.8, 4) is 5.75 Å². The number of nitrogens with zero attached hydrogens (tertiary/aromatic N) is 2. The SMILES string of the molecule is CN1CC2(CC(OCCCCOc3ccc4c(c3)C(=O)N(C3CCC(=O)NC3=O)C4=O)C2)C1. The highest BCUT2D eigenvalue weighted by atomic mass is 16.5. The molecule has 1 N–H and O–H groups in total. The van der Waals surface area contributed by atoms with Crippen molar-refractivity contribution in [3.63, 3.8) is 0 Å². The van der Waals surface area contributed by atoms with Gasteiger partial charge in [0.15, 0.2) is 0 Å². The molecule has 9 nitrogen and oxygen atoms in total. The third-order valence-electron chi connectivity index (χ3n) is 7.10. The summed E-state index contributed by atoms with van der Waals surface area (Å²) in [4.78, 5) is 52.4. The van der Waals surface area contributed by atoms with Crippen molar-refractivity contribution in [2.45, 2.75) is 50.7 Å². The Bertz CT molecular complexity index is 994. The number of amides is 4. The Morgan fingerprint density at radius 2 is 1.76 bits per heavy atom. The van der Waals surface area contributed by atoms with Gasteiger partial charge in [0.25, 0.3) is 11.8 Å². The van der Waals surface area contributed by atoms with Crippen molar-refractivity contribution in [3.05, 3.63) is 29.3 Å². The van der Waals surface area contributed by atoms with E-state index in [1.54, 1.807) is 18.2 Å². The number of hydrogen-bond donors (Lipinski definition) is 1. The molecule has 1 saturated carbocycles. The fourth-order valence-corrected chi connectivity index (χ4v) is 5.57. The molecule has 1 unspecified atom stereocenters. The van der Waals surface area contributed by atoms with Crippen LogP contribution in [0.25, 0.3) is 0 Å². The van der Waals surface area contributed by atoms with E-state index in [-0.39, 0.29) is 24.0 Å². The Labute approximate surface area is 192 Å². The number of carbonyl (C=O) groups excluding carboxylic acids is 4. The highest BCUT2D eigenvalue weighted by Crippen LogP contribution is 2.48. The van der Waals surface area contributed by atoms with Crippen molar-refractivity contribution >= 4 is 23.6 Å². The van der Waals surface area contributed by atoms with Crippen LogP contribution in [-0.2, 0) is 14.3 Å². The minimum Gasteiger partial charge on any atom is -0.494 e. The zero-order valence-electron chi connectivity index (χ0n) is 18.8. The second-order valence-corrected chi connectivity index (χ2v) is 9.78. The first-order valence-electron chi connectivity index (χ1n) is 11.6. The number of piperidine rings is 1. The number of benzene rings is 1. The topological polar surface area (TPSA) is 105 Å². The summed E-state index contributed by atoms with van der Waals surface area (Å²) in [6, 6.07) is 3.82. The fraction of sp³-hybridized carbons (Fsp3) is 0.583. The van der Waals surface area contributed by atoms with Crippen LogP contribution in [0.15, 0.2) is 18.2 Å². The molecule has 176 valence electrons. The predicted octanol–water partition coefficient (Wildman–Crippen LogP) is 1.36. The number of imide groups is 2. The second kappa shape index (κ2) is 8.53. The van der Waals surface area contributed by atoms with Crippen LogP contribution in [0.5, 0.6) is 5.75 Å². The highest BCUT2D eigenvalue weighted by molar-refractivity contribution is 6.23. The van der Waals surface area contributed by atoms with E-state index in [9.17, 15) is 19.2 Å². The second-order valence-electron chi connectivity index (χ2n) is 9.78. The maximum Gasteiger partial charge on any atom is 0.262 e. The first-order valence-corrected chi connectivity index (χ1v) is 11.6. The normalized spacial score (nSPS) is 24.5. The molecule has 1 atom stereocenters. The minimum atomic E-state index is -0.963. The molecule has 5 rings (SSSR count). The van der Waals surface area contributed by atoms with Crippen LogP contribution < -0.4 is 10.1 Å². The lowest BCUT2D eigenvalue weighted by Gasteiger charge is -2.58.